The number of ether oxygens (including phenoxy) is 1. The van der Waals surface area contributed by atoms with E-state index in [0.717, 1.165) is 6.07 Å². The van der Waals surface area contributed by atoms with Crippen LogP contribution in [-0.4, -0.2) is 23.3 Å². The van der Waals surface area contributed by atoms with Crippen molar-refractivity contribution in [3.05, 3.63) is 83.9 Å². The highest BCUT2D eigenvalue weighted by Gasteiger charge is 2.32. The number of hydrogen-bond donors (Lipinski definition) is 2. The quantitative estimate of drug-likeness (QED) is 0.616. The topological polar surface area (TPSA) is 75.6 Å². The first-order chi connectivity index (χ1) is 13.7. The summed E-state index contributed by atoms with van der Waals surface area (Å²) in [4.78, 5) is 23.9. The van der Waals surface area contributed by atoms with E-state index in [1.165, 1.54) is 36.4 Å². The van der Waals surface area contributed by atoms with Gasteiger partial charge in [-0.15, -0.1) is 13.2 Å². The fourth-order valence-corrected chi connectivity index (χ4v) is 2.70. The summed E-state index contributed by atoms with van der Waals surface area (Å²) in [5.74, 6) is -2.28. The molecule has 0 radical (unpaired) electrons. The maximum Gasteiger partial charge on any atom is 0.573 e. The van der Waals surface area contributed by atoms with Gasteiger partial charge in [0, 0.05) is 11.1 Å². The van der Waals surface area contributed by atoms with Crippen LogP contribution in [0.15, 0.2) is 72.8 Å². The van der Waals surface area contributed by atoms with Crippen molar-refractivity contribution >= 4 is 17.6 Å². The molecule has 3 rings (SSSR count). The van der Waals surface area contributed by atoms with Crippen LogP contribution in [0.4, 0.5) is 18.9 Å². The maximum atomic E-state index is 12.7. The van der Waals surface area contributed by atoms with Crippen LogP contribution in [0.1, 0.15) is 20.7 Å². The van der Waals surface area contributed by atoms with Crippen molar-refractivity contribution in [3.8, 4) is 16.9 Å². The summed E-state index contributed by atoms with van der Waals surface area (Å²) in [5.41, 5.74) is 0.392. The molecule has 0 saturated heterocycles. The molecule has 3 aromatic rings. The third kappa shape index (κ3) is 4.92. The van der Waals surface area contributed by atoms with Crippen LogP contribution in [0.2, 0.25) is 0 Å². The highest BCUT2D eigenvalue weighted by atomic mass is 19.4. The number of amides is 1. The number of nitrogens with one attached hydrogen (secondary N) is 1. The Morgan fingerprint density at radius 2 is 1.55 bits per heavy atom. The van der Waals surface area contributed by atoms with Crippen LogP contribution >= 0.6 is 0 Å². The molecule has 0 heterocycles. The second-order valence-corrected chi connectivity index (χ2v) is 5.93. The predicted octanol–water partition coefficient (Wildman–Crippen LogP) is 5.20. The van der Waals surface area contributed by atoms with Gasteiger partial charge in [-0.05, 0) is 35.9 Å². The summed E-state index contributed by atoms with van der Waals surface area (Å²) in [6, 6.07) is 17.4. The summed E-state index contributed by atoms with van der Waals surface area (Å²) in [5, 5.41) is 11.9. The largest absolute Gasteiger partial charge is 0.573 e. The Hall–Kier alpha value is -3.81. The number of para-hydroxylation sites is 1. The van der Waals surface area contributed by atoms with Gasteiger partial charge in [0.25, 0.3) is 5.91 Å². The van der Waals surface area contributed by atoms with E-state index in [-0.39, 0.29) is 22.4 Å². The molecule has 3 aromatic carbocycles. The van der Waals surface area contributed by atoms with E-state index < -0.39 is 24.0 Å². The maximum absolute atomic E-state index is 12.7. The molecule has 0 aliphatic rings. The average Bonchev–Trinajstić information content (AvgIpc) is 2.67. The molecule has 29 heavy (non-hydrogen) atoms. The molecule has 148 valence electrons. The number of halogens is 3. The third-order valence-electron chi connectivity index (χ3n) is 3.96. The smallest absolute Gasteiger partial charge is 0.478 e. The van der Waals surface area contributed by atoms with E-state index >= 15 is 0 Å². The molecule has 8 heteroatoms. The van der Waals surface area contributed by atoms with Gasteiger partial charge < -0.3 is 15.2 Å². The van der Waals surface area contributed by atoms with Gasteiger partial charge in [-0.3, -0.25) is 4.79 Å². The molecular formula is C21H14F3NO4. The first-order valence-electron chi connectivity index (χ1n) is 8.33. The van der Waals surface area contributed by atoms with Gasteiger partial charge in [-0.2, -0.15) is 0 Å². The van der Waals surface area contributed by atoms with Crippen molar-refractivity contribution in [2.75, 3.05) is 5.32 Å². The summed E-state index contributed by atoms with van der Waals surface area (Å²) < 4.78 is 42.1. The molecule has 0 fully saturated rings. The third-order valence-corrected chi connectivity index (χ3v) is 3.96. The minimum atomic E-state index is -4.89. The molecule has 1 amide bonds. The van der Waals surface area contributed by atoms with Crippen LogP contribution in [-0.2, 0) is 0 Å². The Morgan fingerprint density at radius 3 is 2.21 bits per heavy atom. The second-order valence-electron chi connectivity index (χ2n) is 5.93. The second kappa shape index (κ2) is 8.05. The summed E-state index contributed by atoms with van der Waals surface area (Å²) >= 11 is 0. The normalized spacial score (nSPS) is 11.0. The molecule has 0 aromatic heterocycles. The molecule has 5 nitrogen and oxygen atoms in total. The Morgan fingerprint density at radius 1 is 0.897 bits per heavy atom. The number of benzene rings is 3. The minimum absolute atomic E-state index is 0.0503. The van der Waals surface area contributed by atoms with E-state index in [1.807, 2.05) is 0 Å². The van der Waals surface area contributed by atoms with Crippen molar-refractivity contribution in [3.63, 3.8) is 0 Å². The zero-order valence-electron chi connectivity index (χ0n) is 14.7. The van der Waals surface area contributed by atoms with Crippen LogP contribution in [0.5, 0.6) is 5.75 Å². The van der Waals surface area contributed by atoms with E-state index in [2.05, 4.69) is 10.1 Å². The molecule has 0 unspecified atom stereocenters. The molecule has 0 saturated carbocycles. The number of alkyl halides is 3. The number of hydrogen-bond acceptors (Lipinski definition) is 3. The Balaban J connectivity index is 2.02. The number of carboxylic acids is 1. The highest BCUT2D eigenvalue weighted by molar-refractivity contribution is 6.08. The van der Waals surface area contributed by atoms with Crippen molar-refractivity contribution in [1.29, 1.82) is 0 Å². The summed E-state index contributed by atoms with van der Waals surface area (Å²) in [6.07, 6.45) is -4.89. The minimum Gasteiger partial charge on any atom is -0.478 e. The Kier molecular flexibility index (Phi) is 5.54. The molecule has 0 spiro atoms. The first-order valence-corrected chi connectivity index (χ1v) is 8.33. The van der Waals surface area contributed by atoms with Gasteiger partial charge in [0.2, 0.25) is 0 Å². The summed E-state index contributed by atoms with van der Waals surface area (Å²) in [6.45, 7) is 0. The highest BCUT2D eigenvalue weighted by Crippen LogP contribution is 2.35. The van der Waals surface area contributed by atoms with Gasteiger partial charge in [-0.1, -0.05) is 42.5 Å². The molecule has 0 atom stereocenters. The van der Waals surface area contributed by atoms with Crippen LogP contribution < -0.4 is 10.1 Å². The fourth-order valence-electron chi connectivity index (χ4n) is 2.70. The summed E-state index contributed by atoms with van der Waals surface area (Å²) in [7, 11) is 0. The monoisotopic (exact) mass is 401 g/mol. The van der Waals surface area contributed by atoms with Crippen molar-refractivity contribution in [2.24, 2.45) is 0 Å². The van der Waals surface area contributed by atoms with E-state index in [4.69, 9.17) is 0 Å². The van der Waals surface area contributed by atoms with Crippen LogP contribution in [0.25, 0.3) is 11.1 Å². The van der Waals surface area contributed by atoms with Gasteiger partial charge in [0.15, 0.2) is 0 Å². The SMILES string of the molecule is O=C(Nc1cc(-c2ccccc2OC(F)(F)F)ccc1C(=O)O)c1ccccc1. The van der Waals surface area contributed by atoms with Gasteiger partial charge >= 0.3 is 12.3 Å². The predicted molar refractivity (Wildman–Crippen MR) is 99.9 cm³/mol. The van der Waals surface area contributed by atoms with E-state index in [0.29, 0.717) is 5.56 Å². The lowest BCUT2D eigenvalue weighted by atomic mass is 10.0. The van der Waals surface area contributed by atoms with E-state index in [9.17, 15) is 27.9 Å². The van der Waals surface area contributed by atoms with Crippen LogP contribution in [0, 0.1) is 0 Å². The molecule has 0 aliphatic heterocycles. The zero-order valence-corrected chi connectivity index (χ0v) is 14.7. The molecule has 0 aliphatic carbocycles. The number of carbonyl (C=O) groups is 2. The lowest BCUT2D eigenvalue weighted by molar-refractivity contribution is -0.274. The lowest BCUT2D eigenvalue weighted by Gasteiger charge is -2.15. The van der Waals surface area contributed by atoms with Gasteiger partial charge in [-0.25, -0.2) is 4.79 Å². The number of aromatic carboxylic acids is 1. The molecular weight excluding hydrogens is 387 g/mol. The fraction of sp³-hybridized carbons (Fsp3) is 0.0476. The standard InChI is InChI=1S/C21H14F3NO4/c22-21(23,24)29-18-9-5-4-8-15(18)14-10-11-16(20(27)28)17(12-14)25-19(26)13-6-2-1-3-7-13/h1-12H,(H,25,26)(H,27,28). The lowest BCUT2D eigenvalue weighted by Crippen LogP contribution is -2.17. The zero-order chi connectivity index (χ0) is 21.0. The van der Waals surface area contributed by atoms with Crippen molar-refractivity contribution < 1.29 is 32.6 Å². The number of carboxylic acid groups (broad SMARTS) is 1. The molecule has 2 N–H and O–H groups in total. The van der Waals surface area contributed by atoms with Crippen molar-refractivity contribution in [2.45, 2.75) is 6.36 Å². The average molecular weight is 401 g/mol. The van der Waals surface area contributed by atoms with E-state index in [1.54, 1.807) is 30.3 Å². The molecule has 0 bridgehead atoms. The van der Waals surface area contributed by atoms with Crippen LogP contribution in [0.3, 0.4) is 0 Å². The van der Waals surface area contributed by atoms with Crippen molar-refractivity contribution in [1.82, 2.24) is 0 Å². The Labute approximate surface area is 163 Å². The van der Waals surface area contributed by atoms with Gasteiger partial charge in [0.05, 0.1) is 11.3 Å². The number of anilines is 1. The van der Waals surface area contributed by atoms with Gasteiger partial charge in [0.1, 0.15) is 5.75 Å². The Bertz CT molecular complexity index is 1050. The number of carbonyl (C=O) groups excluding carboxylic acids is 1. The number of rotatable bonds is 5. The first kappa shape index (κ1) is 19.9.